The first kappa shape index (κ1) is 6.02. The highest BCUT2D eigenvalue weighted by atomic mass is 19.2. The van der Waals surface area contributed by atoms with Crippen molar-refractivity contribution in [2.24, 2.45) is 5.92 Å². The molecular weight excluding hydrogens is 105 g/mol. The van der Waals surface area contributed by atoms with Gasteiger partial charge in [-0.3, -0.25) is 0 Å². The zero-order chi connectivity index (χ0) is 5.98. The Balaban J connectivity index is 2.23. The molecule has 0 amide bonds. The summed E-state index contributed by atoms with van der Waals surface area (Å²) in [5.74, 6) is 0.564. The van der Waals surface area contributed by atoms with Crippen molar-refractivity contribution in [3.05, 3.63) is 0 Å². The number of rotatable bonds is 0. The van der Waals surface area contributed by atoms with Gasteiger partial charge in [0.05, 0.1) is 0 Å². The first-order chi connectivity index (χ1) is 3.79. The fourth-order valence-corrected chi connectivity index (χ4v) is 1.13. The monoisotopic (exact) mass is 117 g/mol. The van der Waals surface area contributed by atoms with Crippen LogP contribution in [0.5, 0.6) is 0 Å². The van der Waals surface area contributed by atoms with Crippen molar-refractivity contribution in [1.29, 1.82) is 0 Å². The zero-order valence-corrected chi connectivity index (χ0v) is 5.23. The number of halogens is 1. The molecule has 1 heterocycles. The summed E-state index contributed by atoms with van der Waals surface area (Å²) in [4.78, 5) is 0. The summed E-state index contributed by atoms with van der Waals surface area (Å²) in [6.45, 7) is 3.37. The van der Waals surface area contributed by atoms with E-state index < -0.39 is 0 Å². The Labute approximate surface area is 49.4 Å². The van der Waals surface area contributed by atoms with Gasteiger partial charge in [-0.05, 0) is 18.8 Å². The van der Waals surface area contributed by atoms with Crippen LogP contribution in [0, 0.1) is 5.92 Å². The third-order valence-corrected chi connectivity index (χ3v) is 1.61. The topological polar surface area (TPSA) is 3.24 Å². The Kier molecular flexibility index (Phi) is 1.84. The van der Waals surface area contributed by atoms with Crippen LogP contribution in [0.4, 0.5) is 4.48 Å². The van der Waals surface area contributed by atoms with Crippen LogP contribution in [0.25, 0.3) is 0 Å². The second-order valence-electron chi connectivity index (χ2n) is 2.62. The molecule has 0 radical (unpaired) electrons. The Morgan fingerprint density at radius 3 is 2.75 bits per heavy atom. The molecule has 0 aromatic carbocycles. The maximum absolute atomic E-state index is 12.3. The fourth-order valence-electron chi connectivity index (χ4n) is 1.13. The minimum absolute atomic E-state index is 0.564. The molecule has 0 aliphatic carbocycles. The molecule has 1 aliphatic rings. The molecule has 1 nitrogen and oxygen atoms in total. The summed E-state index contributed by atoms with van der Waals surface area (Å²) in [5.41, 5.74) is 0. The van der Waals surface area contributed by atoms with E-state index >= 15 is 0 Å². The Hall–Kier alpha value is -0.110. The van der Waals surface area contributed by atoms with Gasteiger partial charge < -0.3 is 0 Å². The lowest BCUT2D eigenvalue weighted by molar-refractivity contribution is -0.0125. The lowest BCUT2D eigenvalue weighted by Gasteiger charge is -2.22. The van der Waals surface area contributed by atoms with Crippen LogP contribution >= 0.6 is 0 Å². The van der Waals surface area contributed by atoms with E-state index in [-0.39, 0.29) is 0 Å². The highest BCUT2D eigenvalue weighted by Gasteiger charge is 2.14. The molecule has 1 saturated heterocycles. The molecule has 0 aromatic heterocycles. The van der Waals surface area contributed by atoms with Crippen molar-refractivity contribution in [2.45, 2.75) is 19.8 Å². The van der Waals surface area contributed by atoms with Crippen LogP contribution < -0.4 is 0 Å². The molecular formula is C6H12FN. The predicted octanol–water partition coefficient (Wildman–Crippen LogP) is 1.60. The average molecular weight is 117 g/mol. The molecule has 0 N–H and O–H groups in total. The van der Waals surface area contributed by atoms with Crippen molar-refractivity contribution >= 4 is 0 Å². The second kappa shape index (κ2) is 2.44. The third kappa shape index (κ3) is 1.44. The van der Waals surface area contributed by atoms with Crippen molar-refractivity contribution in [2.75, 3.05) is 13.1 Å². The van der Waals surface area contributed by atoms with E-state index in [4.69, 9.17) is 0 Å². The lowest BCUT2D eigenvalue weighted by Crippen LogP contribution is -2.27. The van der Waals surface area contributed by atoms with Crippen LogP contribution in [0.3, 0.4) is 0 Å². The summed E-state index contributed by atoms with van der Waals surface area (Å²) >= 11 is 0. The van der Waals surface area contributed by atoms with Gasteiger partial charge in [-0.25, -0.2) is 0 Å². The number of hydrogen-bond donors (Lipinski definition) is 0. The molecule has 1 atom stereocenters. The molecule has 1 rings (SSSR count). The number of nitrogens with zero attached hydrogens (tertiary/aromatic N) is 1. The van der Waals surface area contributed by atoms with Gasteiger partial charge in [0.15, 0.2) is 0 Å². The maximum Gasteiger partial charge on any atom is 0.0316 e. The largest absolute Gasteiger partial charge is 0.146 e. The molecule has 1 unspecified atom stereocenters. The van der Waals surface area contributed by atoms with Gasteiger partial charge in [0.25, 0.3) is 0 Å². The van der Waals surface area contributed by atoms with Gasteiger partial charge in [-0.15, -0.1) is 9.60 Å². The van der Waals surface area contributed by atoms with Gasteiger partial charge in [0.2, 0.25) is 0 Å². The average Bonchev–Trinajstić information content (AvgIpc) is 1.64. The Morgan fingerprint density at radius 1 is 1.62 bits per heavy atom. The zero-order valence-electron chi connectivity index (χ0n) is 5.23. The van der Waals surface area contributed by atoms with Crippen LogP contribution in [0.1, 0.15) is 19.8 Å². The first-order valence-corrected chi connectivity index (χ1v) is 3.20. The SMILES string of the molecule is CC1CCCN(F)C1. The van der Waals surface area contributed by atoms with E-state index in [9.17, 15) is 4.48 Å². The Bertz CT molecular complexity index is 66.9. The summed E-state index contributed by atoms with van der Waals surface area (Å²) in [5, 5.41) is 0.911. The molecule has 1 aliphatic heterocycles. The molecule has 0 saturated carbocycles. The van der Waals surface area contributed by atoms with Crippen LogP contribution in [-0.4, -0.2) is 18.2 Å². The van der Waals surface area contributed by atoms with Crippen LogP contribution in [0.2, 0.25) is 0 Å². The molecule has 8 heavy (non-hydrogen) atoms. The van der Waals surface area contributed by atoms with Gasteiger partial charge in [-0.2, -0.15) is 0 Å². The highest BCUT2D eigenvalue weighted by Crippen LogP contribution is 2.14. The smallest absolute Gasteiger partial charge is 0.0316 e. The normalized spacial score (nSPS) is 33.0. The predicted molar refractivity (Wildman–Crippen MR) is 31.1 cm³/mol. The minimum atomic E-state index is 0.564. The van der Waals surface area contributed by atoms with E-state index in [1.54, 1.807) is 0 Å². The molecule has 2 heteroatoms. The van der Waals surface area contributed by atoms with Gasteiger partial charge in [0.1, 0.15) is 0 Å². The van der Waals surface area contributed by atoms with E-state index in [0.29, 0.717) is 19.0 Å². The summed E-state index contributed by atoms with van der Waals surface area (Å²) in [6, 6.07) is 0. The van der Waals surface area contributed by atoms with Crippen molar-refractivity contribution < 1.29 is 4.48 Å². The minimum Gasteiger partial charge on any atom is -0.146 e. The number of hydrogen-bond acceptors (Lipinski definition) is 1. The van der Waals surface area contributed by atoms with Gasteiger partial charge in [-0.1, -0.05) is 6.92 Å². The van der Waals surface area contributed by atoms with Crippen molar-refractivity contribution in [1.82, 2.24) is 5.12 Å². The third-order valence-electron chi connectivity index (χ3n) is 1.61. The second-order valence-corrected chi connectivity index (χ2v) is 2.62. The van der Waals surface area contributed by atoms with Crippen LogP contribution in [-0.2, 0) is 0 Å². The molecule has 1 fully saturated rings. The molecule has 0 spiro atoms. The van der Waals surface area contributed by atoms with E-state index in [1.807, 2.05) is 0 Å². The summed E-state index contributed by atoms with van der Waals surface area (Å²) < 4.78 is 12.3. The molecule has 0 aromatic rings. The van der Waals surface area contributed by atoms with E-state index in [1.165, 1.54) is 6.42 Å². The standard InChI is InChI=1S/C6H12FN/c1-6-3-2-4-8(7)5-6/h6H,2-5H2,1H3. The summed E-state index contributed by atoms with van der Waals surface area (Å²) in [6.07, 6.45) is 2.22. The number of piperidine rings is 1. The maximum atomic E-state index is 12.3. The van der Waals surface area contributed by atoms with E-state index in [2.05, 4.69) is 6.92 Å². The van der Waals surface area contributed by atoms with Crippen LogP contribution in [0.15, 0.2) is 0 Å². The Morgan fingerprint density at radius 2 is 2.38 bits per heavy atom. The van der Waals surface area contributed by atoms with Gasteiger partial charge in [0, 0.05) is 13.1 Å². The lowest BCUT2D eigenvalue weighted by atomic mass is 10.0. The quantitative estimate of drug-likeness (QED) is 0.436. The molecule has 0 bridgehead atoms. The fraction of sp³-hybridized carbons (Fsp3) is 1.00. The molecule has 48 valence electrons. The van der Waals surface area contributed by atoms with Crippen molar-refractivity contribution in [3.8, 4) is 0 Å². The van der Waals surface area contributed by atoms with Crippen molar-refractivity contribution in [3.63, 3.8) is 0 Å². The van der Waals surface area contributed by atoms with Gasteiger partial charge >= 0.3 is 0 Å². The van der Waals surface area contributed by atoms with E-state index in [0.717, 1.165) is 11.5 Å². The summed E-state index contributed by atoms with van der Waals surface area (Å²) in [7, 11) is 0. The highest BCUT2D eigenvalue weighted by molar-refractivity contribution is 4.62. The first-order valence-electron chi connectivity index (χ1n) is 3.20.